The fourth-order valence-corrected chi connectivity index (χ4v) is 4.32. The average molecular weight is 436 g/mol. The van der Waals surface area contributed by atoms with E-state index < -0.39 is 11.7 Å². The number of aliphatic hydroxyl groups excluding tert-OH is 1. The number of benzene rings is 2. The van der Waals surface area contributed by atoms with E-state index in [1.54, 1.807) is 0 Å². The summed E-state index contributed by atoms with van der Waals surface area (Å²) >= 11 is 0. The van der Waals surface area contributed by atoms with Crippen molar-refractivity contribution in [3.63, 3.8) is 0 Å². The molecule has 0 radical (unpaired) electrons. The average Bonchev–Trinajstić information content (AvgIpc) is 2.78. The summed E-state index contributed by atoms with van der Waals surface area (Å²) < 4.78 is 44.3. The number of unbranched alkanes of at least 4 members (excludes halogenated alkanes) is 2. The first-order chi connectivity index (χ1) is 14.9. The number of hydrogen-bond donors (Lipinski definition) is 1. The highest BCUT2D eigenvalue weighted by Gasteiger charge is 2.32. The maximum atomic E-state index is 12.8. The van der Waals surface area contributed by atoms with Crippen LogP contribution in [-0.2, 0) is 12.8 Å². The molecular formula is C25H32F3NO2. The number of hydrogen-bond acceptors (Lipinski definition) is 3. The molecule has 31 heavy (non-hydrogen) atoms. The first-order valence-corrected chi connectivity index (χ1v) is 11.1. The van der Waals surface area contributed by atoms with Gasteiger partial charge in [-0.1, -0.05) is 44.0 Å². The summed E-state index contributed by atoms with van der Waals surface area (Å²) in [4.78, 5) is 2.48. The molecule has 3 nitrogen and oxygen atoms in total. The molecule has 2 aromatic rings. The number of alkyl halides is 3. The normalized spacial score (nSPS) is 20.0. The van der Waals surface area contributed by atoms with Crippen LogP contribution in [0.25, 0.3) is 0 Å². The molecule has 170 valence electrons. The molecule has 1 fully saturated rings. The van der Waals surface area contributed by atoms with Gasteiger partial charge in [0.15, 0.2) is 0 Å². The van der Waals surface area contributed by atoms with Crippen LogP contribution in [0.3, 0.4) is 0 Å². The summed E-state index contributed by atoms with van der Waals surface area (Å²) in [7, 11) is 0. The summed E-state index contributed by atoms with van der Waals surface area (Å²) in [5, 5.41) is 9.31. The van der Waals surface area contributed by atoms with E-state index in [1.807, 2.05) is 12.1 Å². The van der Waals surface area contributed by atoms with Crippen molar-refractivity contribution in [1.29, 1.82) is 0 Å². The third kappa shape index (κ3) is 6.71. The highest BCUT2D eigenvalue weighted by molar-refractivity contribution is 5.29. The molecule has 0 bridgehead atoms. The molecule has 6 heteroatoms. The fraction of sp³-hybridized carbons (Fsp3) is 0.520. The summed E-state index contributed by atoms with van der Waals surface area (Å²) in [6.07, 6.45) is 0.264. The van der Waals surface area contributed by atoms with Crippen LogP contribution in [0, 0.1) is 5.92 Å². The molecule has 1 aliphatic heterocycles. The van der Waals surface area contributed by atoms with Gasteiger partial charge in [-0.25, -0.2) is 0 Å². The van der Waals surface area contributed by atoms with Crippen molar-refractivity contribution in [3.05, 3.63) is 65.2 Å². The SMILES string of the molecule is CCCCCN1CC[C@@H](c2ccc(CO)cc2)[C@H](COc2ccc(C(F)(F)F)cc2)C1. The molecule has 0 amide bonds. The number of ether oxygens (including phenoxy) is 1. The number of halogens is 3. The molecule has 0 aliphatic carbocycles. The van der Waals surface area contributed by atoms with Crippen molar-refractivity contribution in [2.45, 2.75) is 51.3 Å². The van der Waals surface area contributed by atoms with Gasteiger partial charge >= 0.3 is 6.18 Å². The Balaban J connectivity index is 1.68. The topological polar surface area (TPSA) is 32.7 Å². The Labute approximate surface area is 182 Å². The third-order valence-corrected chi connectivity index (χ3v) is 6.13. The summed E-state index contributed by atoms with van der Waals surface area (Å²) in [6.45, 7) is 5.70. The van der Waals surface area contributed by atoms with Crippen molar-refractivity contribution in [2.24, 2.45) is 5.92 Å². The number of rotatable bonds is 9. The first kappa shape index (κ1) is 23.6. The van der Waals surface area contributed by atoms with Crippen LogP contribution < -0.4 is 4.74 Å². The minimum Gasteiger partial charge on any atom is -0.493 e. The standard InChI is InChI=1S/C25H32F3NO2/c1-2-3-4-14-29-15-13-24(20-7-5-19(17-30)6-8-20)21(16-29)18-31-23-11-9-22(10-12-23)25(26,27)28/h5-12,21,24,30H,2-4,13-18H2,1H3/t21-,24-/m0/s1. The Hall–Kier alpha value is -2.05. The Morgan fingerprint density at radius 2 is 1.74 bits per heavy atom. The van der Waals surface area contributed by atoms with Gasteiger partial charge in [0.05, 0.1) is 18.8 Å². The van der Waals surface area contributed by atoms with Gasteiger partial charge < -0.3 is 14.7 Å². The quantitative estimate of drug-likeness (QED) is 0.500. The fourth-order valence-electron chi connectivity index (χ4n) is 4.32. The summed E-state index contributed by atoms with van der Waals surface area (Å²) in [6, 6.07) is 13.0. The van der Waals surface area contributed by atoms with E-state index in [0.29, 0.717) is 18.3 Å². The minimum atomic E-state index is -4.34. The van der Waals surface area contributed by atoms with E-state index in [0.717, 1.165) is 43.8 Å². The maximum Gasteiger partial charge on any atom is 0.416 e. The predicted octanol–water partition coefficient (Wildman–Crippen LogP) is 5.87. The van der Waals surface area contributed by atoms with E-state index in [4.69, 9.17) is 4.74 Å². The second-order valence-corrected chi connectivity index (χ2v) is 8.40. The smallest absolute Gasteiger partial charge is 0.416 e. The molecule has 3 rings (SSSR count). The second kappa shape index (κ2) is 11.0. The van der Waals surface area contributed by atoms with Crippen molar-refractivity contribution in [3.8, 4) is 5.75 Å². The first-order valence-electron chi connectivity index (χ1n) is 11.1. The van der Waals surface area contributed by atoms with Crippen LogP contribution in [0.5, 0.6) is 5.75 Å². The Bertz CT molecular complexity index is 790. The second-order valence-electron chi connectivity index (χ2n) is 8.40. The molecule has 0 saturated carbocycles. The van der Waals surface area contributed by atoms with Crippen LogP contribution in [-0.4, -0.2) is 36.2 Å². The van der Waals surface area contributed by atoms with Gasteiger partial charge in [-0.15, -0.1) is 0 Å². The van der Waals surface area contributed by atoms with Crippen LogP contribution >= 0.6 is 0 Å². The van der Waals surface area contributed by atoms with Gasteiger partial charge in [0.2, 0.25) is 0 Å². The lowest BCUT2D eigenvalue weighted by atomic mass is 9.80. The maximum absolute atomic E-state index is 12.8. The molecule has 0 spiro atoms. The molecule has 0 unspecified atom stereocenters. The van der Waals surface area contributed by atoms with Crippen LogP contribution in [0.1, 0.15) is 55.2 Å². The van der Waals surface area contributed by atoms with Crippen LogP contribution in [0.4, 0.5) is 13.2 Å². The van der Waals surface area contributed by atoms with E-state index in [1.165, 1.54) is 37.0 Å². The molecule has 0 aromatic heterocycles. The Kier molecular flexibility index (Phi) is 8.38. The van der Waals surface area contributed by atoms with Gasteiger partial charge in [0, 0.05) is 12.5 Å². The minimum absolute atomic E-state index is 0.0244. The molecular weight excluding hydrogens is 403 g/mol. The van der Waals surface area contributed by atoms with Crippen molar-refractivity contribution >= 4 is 0 Å². The van der Waals surface area contributed by atoms with E-state index in [2.05, 4.69) is 24.0 Å². The molecule has 2 atom stereocenters. The van der Waals surface area contributed by atoms with E-state index in [9.17, 15) is 18.3 Å². The molecule has 1 heterocycles. The Morgan fingerprint density at radius 3 is 2.35 bits per heavy atom. The lowest BCUT2D eigenvalue weighted by Crippen LogP contribution is -2.42. The number of likely N-dealkylation sites (tertiary alicyclic amines) is 1. The lowest BCUT2D eigenvalue weighted by molar-refractivity contribution is -0.137. The molecule has 2 aromatic carbocycles. The molecule has 1 N–H and O–H groups in total. The largest absolute Gasteiger partial charge is 0.493 e. The summed E-state index contributed by atoms with van der Waals surface area (Å²) in [5.74, 6) is 1.03. The monoisotopic (exact) mass is 435 g/mol. The highest BCUT2D eigenvalue weighted by Crippen LogP contribution is 2.35. The summed E-state index contributed by atoms with van der Waals surface area (Å²) in [5.41, 5.74) is 1.45. The Morgan fingerprint density at radius 1 is 1.03 bits per heavy atom. The zero-order valence-corrected chi connectivity index (χ0v) is 18.1. The van der Waals surface area contributed by atoms with Crippen molar-refractivity contribution < 1.29 is 23.0 Å². The van der Waals surface area contributed by atoms with Crippen molar-refractivity contribution in [2.75, 3.05) is 26.2 Å². The van der Waals surface area contributed by atoms with Gasteiger partial charge in [-0.2, -0.15) is 13.2 Å². The van der Waals surface area contributed by atoms with Crippen LogP contribution in [0.15, 0.2) is 48.5 Å². The van der Waals surface area contributed by atoms with Crippen molar-refractivity contribution in [1.82, 2.24) is 4.90 Å². The zero-order valence-electron chi connectivity index (χ0n) is 18.1. The molecule has 1 aliphatic rings. The number of piperidine rings is 1. The highest BCUT2D eigenvalue weighted by atomic mass is 19.4. The zero-order chi connectivity index (χ0) is 22.3. The predicted molar refractivity (Wildman–Crippen MR) is 116 cm³/mol. The van der Waals surface area contributed by atoms with E-state index >= 15 is 0 Å². The lowest BCUT2D eigenvalue weighted by Gasteiger charge is -2.39. The number of nitrogens with zero attached hydrogens (tertiary/aromatic N) is 1. The van der Waals surface area contributed by atoms with Gasteiger partial charge in [-0.3, -0.25) is 0 Å². The van der Waals surface area contributed by atoms with Crippen LogP contribution in [0.2, 0.25) is 0 Å². The van der Waals surface area contributed by atoms with Gasteiger partial charge in [0.25, 0.3) is 0 Å². The molecule has 1 saturated heterocycles. The van der Waals surface area contributed by atoms with Gasteiger partial charge in [0.1, 0.15) is 5.75 Å². The van der Waals surface area contributed by atoms with Gasteiger partial charge in [-0.05, 0) is 67.2 Å². The van der Waals surface area contributed by atoms with E-state index in [-0.39, 0.29) is 12.5 Å². The number of aliphatic hydroxyl groups is 1. The third-order valence-electron chi connectivity index (χ3n) is 6.13.